The van der Waals surface area contributed by atoms with Crippen molar-refractivity contribution in [2.24, 2.45) is 0 Å². The van der Waals surface area contributed by atoms with Gasteiger partial charge in [0, 0.05) is 55.2 Å². The number of carbonyl (C=O) groups is 2. The summed E-state index contributed by atoms with van der Waals surface area (Å²) in [7, 11) is 0. The molecule has 0 aromatic heterocycles. The lowest BCUT2D eigenvalue weighted by molar-refractivity contribution is -0.253. The summed E-state index contributed by atoms with van der Waals surface area (Å²) < 4.78 is 13.0. The predicted octanol–water partition coefficient (Wildman–Crippen LogP) is 6.33. The number of aliphatic hydroxyl groups is 2. The van der Waals surface area contributed by atoms with Crippen LogP contribution >= 0.6 is 11.6 Å². The number of carboxylic acid groups (broad SMARTS) is 1. The van der Waals surface area contributed by atoms with Gasteiger partial charge in [0.2, 0.25) is 5.91 Å². The lowest BCUT2D eigenvalue weighted by Gasteiger charge is -2.42. The van der Waals surface area contributed by atoms with Gasteiger partial charge in [-0.15, -0.1) is 0 Å². The first-order valence-corrected chi connectivity index (χ1v) is 16.4. The first-order chi connectivity index (χ1) is 22.2. The summed E-state index contributed by atoms with van der Waals surface area (Å²) in [5.74, 6) is -0.925. The molecule has 2 aliphatic rings. The quantitative estimate of drug-likeness (QED) is 0.158. The Labute approximate surface area is 275 Å². The third kappa shape index (κ3) is 9.37. The van der Waals surface area contributed by atoms with Crippen LogP contribution in [0, 0.1) is 0 Å². The summed E-state index contributed by atoms with van der Waals surface area (Å²) in [6.45, 7) is 2.14. The number of amides is 1. The van der Waals surface area contributed by atoms with E-state index in [0.29, 0.717) is 62.2 Å². The summed E-state index contributed by atoms with van der Waals surface area (Å²) in [6, 6.07) is 22.7. The number of aliphatic hydroxyl groups excluding tert-OH is 1. The molecule has 1 amide bonds. The van der Waals surface area contributed by atoms with E-state index in [9.17, 15) is 19.8 Å². The molecule has 4 N–H and O–H groups in total. The second-order valence-electron chi connectivity index (χ2n) is 12.3. The van der Waals surface area contributed by atoms with Crippen LogP contribution in [0.5, 0.6) is 0 Å². The number of rotatable bonds is 13. The molecule has 3 aromatic carbocycles. The molecule has 3 aromatic rings. The molecule has 246 valence electrons. The molecule has 2 aliphatic heterocycles. The van der Waals surface area contributed by atoms with E-state index < -0.39 is 17.9 Å². The number of aliphatic carboxylic acids is 1. The normalized spacial score (nSPS) is 21.5. The number of anilines is 1. The van der Waals surface area contributed by atoms with E-state index in [1.165, 1.54) is 0 Å². The molecule has 2 saturated heterocycles. The Morgan fingerprint density at radius 2 is 1.52 bits per heavy atom. The second kappa shape index (κ2) is 16.0. The Hall–Kier alpha value is -3.31. The zero-order valence-electron chi connectivity index (χ0n) is 25.9. The summed E-state index contributed by atoms with van der Waals surface area (Å²) in [4.78, 5) is 25.4. The molecule has 3 atom stereocenters. The molecule has 0 aliphatic carbocycles. The van der Waals surface area contributed by atoms with Gasteiger partial charge in [-0.3, -0.25) is 9.59 Å². The number of piperidine rings is 1. The lowest BCUT2D eigenvalue weighted by atomic mass is 9.84. The number of hydrogen-bond donors (Lipinski definition) is 4. The van der Waals surface area contributed by atoms with Gasteiger partial charge >= 0.3 is 5.97 Å². The Kier molecular flexibility index (Phi) is 11.8. The first kappa shape index (κ1) is 34.0. The molecule has 2 fully saturated rings. The van der Waals surface area contributed by atoms with Crippen molar-refractivity contribution in [1.29, 1.82) is 0 Å². The number of likely N-dealkylation sites (tertiary alicyclic amines) is 1. The Morgan fingerprint density at radius 3 is 2.17 bits per heavy atom. The van der Waals surface area contributed by atoms with Gasteiger partial charge in [0.05, 0.1) is 24.4 Å². The number of nitrogens with one attached hydrogen (secondary N) is 1. The standard InChI is InChI=1S/C36H43ClN2O7/c37-29-14-12-28(13-15-29)36(44)18-20-39(21-19-36)23-31-22-32(26-8-6-25(24-40)7-9-26)46-35(45-31)27-10-16-30(17-11-27)38-33(41)4-2-1-3-5-34(42)43/h6-17,31-32,35,40,44H,1-5,18-24H2,(H,38,41)(H,42,43)/t31-,32+,35+/m1/s1. The van der Waals surface area contributed by atoms with Crippen molar-refractivity contribution in [2.45, 2.75) is 82.1 Å². The van der Waals surface area contributed by atoms with E-state index >= 15 is 0 Å². The van der Waals surface area contributed by atoms with Crippen LogP contribution in [-0.2, 0) is 31.3 Å². The molecule has 5 rings (SSSR count). The predicted molar refractivity (Wildman–Crippen MR) is 175 cm³/mol. The maximum atomic E-state index is 12.4. The molecule has 2 heterocycles. The van der Waals surface area contributed by atoms with Gasteiger partial charge in [-0.25, -0.2) is 0 Å². The third-order valence-corrected chi connectivity index (χ3v) is 9.15. The summed E-state index contributed by atoms with van der Waals surface area (Å²) in [6.07, 6.45) is 3.29. The average Bonchev–Trinajstić information content (AvgIpc) is 3.06. The van der Waals surface area contributed by atoms with Crippen LogP contribution in [0.1, 0.15) is 86.0 Å². The average molecular weight is 651 g/mol. The highest BCUT2D eigenvalue weighted by atomic mass is 35.5. The van der Waals surface area contributed by atoms with Crippen molar-refractivity contribution in [3.05, 3.63) is 100 Å². The van der Waals surface area contributed by atoms with Crippen molar-refractivity contribution in [1.82, 2.24) is 4.90 Å². The number of unbranched alkanes of at least 4 members (excludes halogenated alkanes) is 2. The van der Waals surface area contributed by atoms with Gasteiger partial charge in [0.1, 0.15) is 0 Å². The molecular weight excluding hydrogens is 608 g/mol. The van der Waals surface area contributed by atoms with Crippen molar-refractivity contribution < 1.29 is 34.4 Å². The van der Waals surface area contributed by atoms with E-state index in [4.69, 9.17) is 26.2 Å². The van der Waals surface area contributed by atoms with Gasteiger partial charge in [-0.2, -0.15) is 0 Å². The highest BCUT2D eigenvalue weighted by Gasteiger charge is 2.37. The largest absolute Gasteiger partial charge is 0.481 e. The van der Waals surface area contributed by atoms with Crippen molar-refractivity contribution in [3.8, 4) is 0 Å². The summed E-state index contributed by atoms with van der Waals surface area (Å²) in [5.41, 5.74) is 3.37. The van der Waals surface area contributed by atoms with E-state index in [0.717, 1.165) is 35.3 Å². The molecule has 0 saturated carbocycles. The van der Waals surface area contributed by atoms with E-state index in [1.54, 1.807) is 0 Å². The number of hydrogen-bond acceptors (Lipinski definition) is 7. The summed E-state index contributed by atoms with van der Waals surface area (Å²) >= 11 is 6.06. The van der Waals surface area contributed by atoms with Crippen LogP contribution in [0.4, 0.5) is 5.69 Å². The van der Waals surface area contributed by atoms with Crippen LogP contribution in [0.2, 0.25) is 5.02 Å². The van der Waals surface area contributed by atoms with E-state index in [-0.39, 0.29) is 31.1 Å². The second-order valence-corrected chi connectivity index (χ2v) is 12.8. The number of carbonyl (C=O) groups excluding carboxylic acids is 1. The van der Waals surface area contributed by atoms with E-state index in [2.05, 4.69) is 10.2 Å². The van der Waals surface area contributed by atoms with Crippen LogP contribution in [0.15, 0.2) is 72.8 Å². The molecule has 0 spiro atoms. The SMILES string of the molecule is O=C(O)CCCCCC(=O)Nc1ccc([C@H]2O[C@@H](CN3CCC(O)(c4ccc(Cl)cc4)CC3)C[C@@H](c3ccc(CO)cc3)O2)cc1. The number of ether oxygens (including phenoxy) is 2. The maximum absolute atomic E-state index is 12.4. The molecule has 10 heteroatoms. The van der Waals surface area contributed by atoms with Gasteiger partial charge in [0.15, 0.2) is 6.29 Å². The zero-order valence-corrected chi connectivity index (χ0v) is 26.7. The minimum atomic E-state index is -0.880. The third-order valence-electron chi connectivity index (χ3n) is 8.90. The van der Waals surface area contributed by atoms with Crippen LogP contribution in [0.3, 0.4) is 0 Å². The number of carboxylic acids is 1. The monoisotopic (exact) mass is 650 g/mol. The lowest BCUT2D eigenvalue weighted by Crippen LogP contribution is -2.46. The highest BCUT2D eigenvalue weighted by molar-refractivity contribution is 6.30. The maximum Gasteiger partial charge on any atom is 0.303 e. The number of halogens is 1. The Morgan fingerprint density at radius 1 is 0.870 bits per heavy atom. The minimum absolute atomic E-state index is 0.0227. The van der Waals surface area contributed by atoms with E-state index in [1.807, 2.05) is 72.8 Å². The Bertz CT molecular complexity index is 1420. The fourth-order valence-corrected chi connectivity index (χ4v) is 6.29. The van der Waals surface area contributed by atoms with Crippen molar-refractivity contribution >= 4 is 29.2 Å². The summed E-state index contributed by atoms with van der Waals surface area (Å²) in [5, 5.41) is 33.2. The molecule has 46 heavy (non-hydrogen) atoms. The molecule has 0 unspecified atom stereocenters. The minimum Gasteiger partial charge on any atom is -0.481 e. The number of benzene rings is 3. The molecular formula is C36H43ClN2O7. The molecule has 0 bridgehead atoms. The number of nitrogens with zero attached hydrogens (tertiary/aromatic N) is 1. The zero-order chi connectivity index (χ0) is 32.5. The van der Waals surface area contributed by atoms with Crippen molar-refractivity contribution in [3.63, 3.8) is 0 Å². The fourth-order valence-electron chi connectivity index (χ4n) is 6.16. The van der Waals surface area contributed by atoms with Gasteiger partial charge in [-0.05, 0) is 66.6 Å². The smallest absolute Gasteiger partial charge is 0.303 e. The van der Waals surface area contributed by atoms with Crippen LogP contribution in [0.25, 0.3) is 0 Å². The van der Waals surface area contributed by atoms with Gasteiger partial charge in [0.25, 0.3) is 0 Å². The topological polar surface area (TPSA) is 129 Å². The van der Waals surface area contributed by atoms with Gasteiger partial charge in [-0.1, -0.05) is 66.6 Å². The molecule has 0 radical (unpaired) electrons. The van der Waals surface area contributed by atoms with Crippen LogP contribution < -0.4 is 5.32 Å². The Balaban J connectivity index is 1.21. The van der Waals surface area contributed by atoms with Crippen molar-refractivity contribution in [2.75, 3.05) is 25.0 Å². The molecule has 9 nitrogen and oxygen atoms in total. The van der Waals surface area contributed by atoms with Crippen LogP contribution in [-0.4, -0.2) is 57.8 Å². The van der Waals surface area contributed by atoms with Gasteiger partial charge < -0.3 is 35.0 Å². The first-order valence-electron chi connectivity index (χ1n) is 16.0. The fraction of sp³-hybridized carbons (Fsp3) is 0.444. The highest BCUT2D eigenvalue weighted by Crippen LogP contribution is 2.39.